The van der Waals surface area contributed by atoms with Crippen LogP contribution in [0.2, 0.25) is 0 Å². The summed E-state index contributed by atoms with van der Waals surface area (Å²) < 4.78 is 24.9. The summed E-state index contributed by atoms with van der Waals surface area (Å²) in [7, 11) is -1.51. The van der Waals surface area contributed by atoms with E-state index in [0.717, 1.165) is 0 Å². The maximum Gasteiger partial charge on any atom is 0.175 e. The van der Waals surface area contributed by atoms with Crippen molar-refractivity contribution in [2.45, 2.75) is 4.90 Å². The van der Waals surface area contributed by atoms with Crippen LogP contribution in [-0.2, 0) is 10.8 Å². The van der Waals surface area contributed by atoms with Crippen molar-refractivity contribution < 1.29 is 13.4 Å². The average molecular weight is 262 g/mol. The first kappa shape index (κ1) is 12.6. The zero-order chi connectivity index (χ0) is 13.0. The summed E-state index contributed by atoms with van der Waals surface area (Å²) in [6.07, 6.45) is 0. The third-order valence-corrected chi connectivity index (χ3v) is 3.72. The summed E-state index contributed by atoms with van der Waals surface area (Å²) in [5.41, 5.74) is 0.516. The van der Waals surface area contributed by atoms with Crippen LogP contribution < -0.4 is 0 Å². The molecule has 2 rings (SSSR count). The first-order valence-electron chi connectivity index (χ1n) is 5.39. The Morgan fingerprint density at radius 3 is 2.44 bits per heavy atom. The third-order valence-electron chi connectivity index (χ3n) is 2.42. The van der Waals surface area contributed by atoms with Crippen molar-refractivity contribution >= 4 is 16.6 Å². The third kappa shape index (κ3) is 3.11. The summed E-state index contributed by atoms with van der Waals surface area (Å²) in [6, 6.07) is 14.1. The fraction of sp³-hybridized carbons (Fsp3) is 0.0714. The summed E-state index contributed by atoms with van der Waals surface area (Å²) >= 11 is 0. The van der Waals surface area contributed by atoms with Gasteiger partial charge in [-0.1, -0.05) is 36.4 Å². The molecule has 0 amide bonds. The number of benzene rings is 2. The molecular weight excluding hydrogens is 251 g/mol. The lowest BCUT2D eigenvalue weighted by atomic mass is 10.2. The molecule has 0 heterocycles. The number of halogens is 1. The van der Waals surface area contributed by atoms with Gasteiger partial charge < -0.3 is 0 Å². The molecule has 0 aliphatic carbocycles. The fourth-order valence-electron chi connectivity index (χ4n) is 1.52. The molecule has 1 unspecified atom stereocenters. The van der Waals surface area contributed by atoms with Gasteiger partial charge in [0, 0.05) is 10.5 Å². The van der Waals surface area contributed by atoms with Gasteiger partial charge in [-0.15, -0.1) is 0 Å². The zero-order valence-corrected chi connectivity index (χ0v) is 10.3. The summed E-state index contributed by atoms with van der Waals surface area (Å²) in [6.45, 7) is 0. The minimum absolute atomic E-state index is 0.131. The Labute approximate surface area is 107 Å². The number of carbonyl (C=O) groups is 1. The predicted molar refractivity (Wildman–Crippen MR) is 68.4 cm³/mol. The van der Waals surface area contributed by atoms with Crippen LogP contribution in [0.4, 0.5) is 4.39 Å². The number of carbonyl (C=O) groups excluding carboxylic acids is 1. The van der Waals surface area contributed by atoms with Gasteiger partial charge in [0.2, 0.25) is 0 Å². The molecule has 0 N–H and O–H groups in total. The Bertz CT molecular complexity index is 581. The first-order chi connectivity index (χ1) is 8.66. The topological polar surface area (TPSA) is 34.1 Å². The Balaban J connectivity index is 2.11. The van der Waals surface area contributed by atoms with E-state index < -0.39 is 16.6 Å². The SMILES string of the molecule is O=C(CS(=O)c1cccc(F)c1)c1ccccc1. The molecule has 2 aromatic carbocycles. The lowest BCUT2D eigenvalue weighted by Crippen LogP contribution is -2.11. The van der Waals surface area contributed by atoms with Crippen molar-refractivity contribution in [2.24, 2.45) is 0 Å². The highest BCUT2D eigenvalue weighted by Gasteiger charge is 2.12. The van der Waals surface area contributed by atoms with Crippen molar-refractivity contribution in [3.05, 3.63) is 66.0 Å². The minimum Gasteiger partial charge on any atom is -0.293 e. The lowest BCUT2D eigenvalue weighted by Gasteiger charge is -2.02. The lowest BCUT2D eigenvalue weighted by molar-refractivity contribution is 0.102. The number of Topliss-reactive ketones (excluding diaryl/α,β-unsaturated/α-hetero) is 1. The summed E-state index contributed by atoms with van der Waals surface area (Å²) in [5.74, 6) is -0.792. The Kier molecular flexibility index (Phi) is 3.99. The minimum atomic E-state index is -1.51. The maximum absolute atomic E-state index is 13.0. The van der Waals surface area contributed by atoms with Gasteiger partial charge in [-0.25, -0.2) is 4.39 Å². The van der Waals surface area contributed by atoms with E-state index in [1.807, 2.05) is 0 Å². The van der Waals surface area contributed by atoms with Gasteiger partial charge in [0.05, 0.1) is 16.6 Å². The summed E-state index contributed by atoms with van der Waals surface area (Å²) in [5, 5.41) is 0. The van der Waals surface area contributed by atoms with Gasteiger partial charge in [0.25, 0.3) is 0 Å². The van der Waals surface area contributed by atoms with Crippen LogP contribution in [0.3, 0.4) is 0 Å². The van der Waals surface area contributed by atoms with E-state index in [0.29, 0.717) is 10.5 Å². The van der Waals surface area contributed by atoms with Gasteiger partial charge in [0.15, 0.2) is 5.78 Å². The van der Waals surface area contributed by atoms with Crippen molar-refractivity contribution in [2.75, 3.05) is 5.75 Å². The molecule has 0 fully saturated rings. The molecule has 0 bridgehead atoms. The zero-order valence-electron chi connectivity index (χ0n) is 9.51. The Morgan fingerprint density at radius 2 is 1.78 bits per heavy atom. The van der Waals surface area contributed by atoms with Crippen LogP contribution >= 0.6 is 0 Å². The molecule has 0 saturated heterocycles. The van der Waals surface area contributed by atoms with E-state index in [1.165, 1.54) is 18.2 Å². The molecule has 4 heteroatoms. The van der Waals surface area contributed by atoms with Crippen molar-refractivity contribution in [1.29, 1.82) is 0 Å². The highest BCUT2D eigenvalue weighted by molar-refractivity contribution is 7.85. The predicted octanol–water partition coefficient (Wildman–Crippen LogP) is 2.82. The number of hydrogen-bond donors (Lipinski definition) is 0. The highest BCUT2D eigenvalue weighted by atomic mass is 32.2. The quantitative estimate of drug-likeness (QED) is 0.794. The second-order valence-electron chi connectivity index (χ2n) is 3.74. The Morgan fingerprint density at radius 1 is 1.06 bits per heavy atom. The number of hydrogen-bond acceptors (Lipinski definition) is 2. The second-order valence-corrected chi connectivity index (χ2v) is 5.19. The smallest absolute Gasteiger partial charge is 0.175 e. The van der Waals surface area contributed by atoms with Crippen LogP contribution in [0.1, 0.15) is 10.4 Å². The molecule has 1 atom stereocenters. The van der Waals surface area contributed by atoms with Crippen LogP contribution in [-0.4, -0.2) is 15.7 Å². The van der Waals surface area contributed by atoms with Gasteiger partial charge in [-0.05, 0) is 18.2 Å². The monoisotopic (exact) mass is 262 g/mol. The molecule has 92 valence electrons. The number of ketones is 1. The molecule has 0 aliphatic heterocycles. The number of rotatable bonds is 4. The molecule has 0 saturated carbocycles. The van der Waals surface area contributed by atoms with Crippen molar-refractivity contribution in [3.8, 4) is 0 Å². The van der Waals surface area contributed by atoms with Crippen molar-refractivity contribution in [3.63, 3.8) is 0 Å². The van der Waals surface area contributed by atoms with Crippen LogP contribution in [0.5, 0.6) is 0 Å². The normalized spacial score (nSPS) is 12.1. The average Bonchev–Trinajstić information content (AvgIpc) is 2.39. The highest BCUT2D eigenvalue weighted by Crippen LogP contribution is 2.10. The first-order valence-corrected chi connectivity index (χ1v) is 6.71. The molecule has 2 aromatic rings. The van der Waals surface area contributed by atoms with Gasteiger partial charge >= 0.3 is 0 Å². The van der Waals surface area contributed by atoms with E-state index in [-0.39, 0.29) is 11.5 Å². The fourth-order valence-corrected chi connectivity index (χ4v) is 2.56. The molecular formula is C14H11FO2S. The van der Waals surface area contributed by atoms with Gasteiger partial charge in [0.1, 0.15) is 5.82 Å². The summed E-state index contributed by atoms with van der Waals surface area (Å²) in [4.78, 5) is 12.2. The van der Waals surface area contributed by atoms with Crippen LogP contribution in [0.15, 0.2) is 59.5 Å². The van der Waals surface area contributed by atoms with Gasteiger partial charge in [-0.2, -0.15) is 0 Å². The Hall–Kier alpha value is -1.81. The largest absolute Gasteiger partial charge is 0.293 e. The van der Waals surface area contributed by atoms with E-state index in [2.05, 4.69) is 0 Å². The standard InChI is InChI=1S/C14H11FO2S/c15-12-7-4-8-13(9-12)18(17)10-14(16)11-5-2-1-3-6-11/h1-9H,10H2. The molecule has 0 radical (unpaired) electrons. The van der Waals surface area contributed by atoms with E-state index in [9.17, 15) is 13.4 Å². The van der Waals surface area contributed by atoms with E-state index >= 15 is 0 Å². The molecule has 18 heavy (non-hydrogen) atoms. The molecule has 0 aromatic heterocycles. The van der Waals surface area contributed by atoms with E-state index in [4.69, 9.17) is 0 Å². The molecule has 0 aliphatic rings. The van der Waals surface area contributed by atoms with Crippen LogP contribution in [0.25, 0.3) is 0 Å². The maximum atomic E-state index is 13.0. The van der Waals surface area contributed by atoms with Gasteiger partial charge in [-0.3, -0.25) is 9.00 Å². The molecule has 2 nitrogen and oxygen atoms in total. The van der Waals surface area contributed by atoms with Crippen LogP contribution in [0, 0.1) is 5.82 Å². The van der Waals surface area contributed by atoms with Crippen molar-refractivity contribution in [1.82, 2.24) is 0 Å². The van der Waals surface area contributed by atoms with E-state index in [1.54, 1.807) is 36.4 Å². The second kappa shape index (κ2) is 5.69. The molecule has 0 spiro atoms.